The van der Waals surface area contributed by atoms with Gasteiger partial charge in [-0.25, -0.2) is 0 Å². The first kappa shape index (κ1) is 16.2. The van der Waals surface area contributed by atoms with E-state index in [0.717, 1.165) is 25.8 Å². The molecule has 1 N–H and O–H groups in total. The van der Waals surface area contributed by atoms with Gasteiger partial charge in [-0.2, -0.15) is 17.0 Å². The molecule has 2 fully saturated rings. The van der Waals surface area contributed by atoms with Gasteiger partial charge in [0.25, 0.3) is 10.2 Å². The molecule has 2 aliphatic heterocycles. The highest BCUT2D eigenvalue weighted by Gasteiger charge is 2.37. The molecule has 0 aromatic carbocycles. The van der Waals surface area contributed by atoms with E-state index in [1.165, 1.54) is 0 Å². The zero-order valence-electron chi connectivity index (χ0n) is 12.9. The molecule has 2 aliphatic rings. The number of rotatable bonds is 5. The van der Waals surface area contributed by atoms with Crippen molar-refractivity contribution in [2.24, 2.45) is 5.92 Å². The zero-order valence-corrected chi connectivity index (χ0v) is 13.7. The zero-order chi connectivity index (χ0) is 14.8. The quantitative estimate of drug-likeness (QED) is 0.764. The summed E-state index contributed by atoms with van der Waals surface area (Å²) in [5, 5.41) is 3.18. The number of nitrogens with one attached hydrogen (secondary N) is 1. The highest BCUT2D eigenvalue weighted by molar-refractivity contribution is 7.86. The molecule has 0 aromatic rings. The van der Waals surface area contributed by atoms with Crippen molar-refractivity contribution in [3.63, 3.8) is 0 Å². The van der Waals surface area contributed by atoms with E-state index in [2.05, 4.69) is 10.2 Å². The smallest absolute Gasteiger partial charge is 0.282 e. The molecule has 0 aromatic heterocycles. The van der Waals surface area contributed by atoms with Crippen LogP contribution < -0.4 is 5.32 Å². The van der Waals surface area contributed by atoms with Crippen molar-refractivity contribution in [3.05, 3.63) is 0 Å². The highest BCUT2D eigenvalue weighted by atomic mass is 32.2. The molecule has 2 heterocycles. The largest absolute Gasteiger partial charge is 0.319 e. The summed E-state index contributed by atoms with van der Waals surface area (Å²) < 4.78 is 28.6. The van der Waals surface area contributed by atoms with E-state index in [1.54, 1.807) is 8.61 Å². The van der Waals surface area contributed by atoms with Crippen LogP contribution in [-0.2, 0) is 10.2 Å². The summed E-state index contributed by atoms with van der Waals surface area (Å²) in [5.41, 5.74) is 0. The molecule has 20 heavy (non-hydrogen) atoms. The van der Waals surface area contributed by atoms with Crippen molar-refractivity contribution in [1.82, 2.24) is 18.8 Å². The van der Waals surface area contributed by atoms with E-state index in [-0.39, 0.29) is 0 Å². The lowest BCUT2D eigenvalue weighted by atomic mass is 9.98. The van der Waals surface area contributed by atoms with Gasteiger partial charge in [-0.15, -0.1) is 0 Å². The van der Waals surface area contributed by atoms with Crippen LogP contribution in [0.3, 0.4) is 0 Å². The van der Waals surface area contributed by atoms with E-state index in [1.807, 2.05) is 21.1 Å². The lowest BCUT2D eigenvalue weighted by Gasteiger charge is -2.33. The van der Waals surface area contributed by atoms with Crippen LogP contribution >= 0.6 is 0 Å². The molecule has 7 heteroatoms. The summed E-state index contributed by atoms with van der Waals surface area (Å²) >= 11 is 0. The lowest BCUT2D eigenvalue weighted by molar-refractivity contribution is 0.252. The van der Waals surface area contributed by atoms with Crippen LogP contribution in [0.1, 0.15) is 19.3 Å². The van der Waals surface area contributed by atoms with Crippen molar-refractivity contribution >= 4 is 10.2 Å². The molecular formula is C13H28N4O2S. The molecule has 6 nitrogen and oxygen atoms in total. The van der Waals surface area contributed by atoms with Crippen LogP contribution in [0.2, 0.25) is 0 Å². The van der Waals surface area contributed by atoms with Gasteiger partial charge in [-0.1, -0.05) is 0 Å². The summed E-state index contributed by atoms with van der Waals surface area (Å²) in [7, 11) is 2.74. The van der Waals surface area contributed by atoms with E-state index >= 15 is 0 Å². The fourth-order valence-corrected chi connectivity index (χ4v) is 4.83. The Morgan fingerprint density at radius 3 is 2.20 bits per heavy atom. The molecule has 0 aliphatic carbocycles. The monoisotopic (exact) mass is 304 g/mol. The Morgan fingerprint density at radius 1 is 1.10 bits per heavy atom. The molecule has 1 unspecified atom stereocenters. The standard InChI is InChI=1S/C13H28N4O2S/c1-14-10-12-4-7-16(8-5-12)20(18,19)17-9-6-13(11-17)15(2)3/h12-14H,4-11H2,1-3H3. The lowest BCUT2D eigenvalue weighted by Crippen LogP contribution is -2.47. The predicted molar refractivity (Wildman–Crippen MR) is 80.8 cm³/mol. The van der Waals surface area contributed by atoms with Crippen LogP contribution in [0.15, 0.2) is 0 Å². The minimum absolute atomic E-state index is 0.353. The normalized spacial score (nSPS) is 27.5. The molecule has 0 bridgehead atoms. The second-order valence-electron chi connectivity index (χ2n) is 6.17. The second-order valence-corrected chi connectivity index (χ2v) is 8.10. The van der Waals surface area contributed by atoms with E-state index < -0.39 is 10.2 Å². The van der Waals surface area contributed by atoms with Crippen LogP contribution in [0.5, 0.6) is 0 Å². The first-order valence-electron chi connectivity index (χ1n) is 7.51. The number of hydrogen-bond donors (Lipinski definition) is 1. The third-order valence-corrected chi connectivity index (χ3v) is 6.58. The Bertz CT molecular complexity index is 405. The van der Waals surface area contributed by atoms with Crippen LogP contribution in [0.25, 0.3) is 0 Å². The second kappa shape index (κ2) is 6.70. The Labute approximate surface area is 123 Å². The minimum atomic E-state index is -3.25. The predicted octanol–water partition coefficient (Wildman–Crippen LogP) is -0.201. The fourth-order valence-electron chi connectivity index (χ4n) is 3.14. The van der Waals surface area contributed by atoms with E-state index in [4.69, 9.17) is 0 Å². The van der Waals surface area contributed by atoms with Crippen molar-refractivity contribution in [1.29, 1.82) is 0 Å². The molecular weight excluding hydrogens is 276 g/mol. The SMILES string of the molecule is CNCC1CCN(S(=O)(=O)N2CCC(N(C)C)C2)CC1. The Balaban J connectivity index is 1.92. The van der Waals surface area contributed by atoms with Crippen molar-refractivity contribution in [2.45, 2.75) is 25.3 Å². The van der Waals surface area contributed by atoms with Crippen molar-refractivity contribution in [2.75, 3.05) is 53.9 Å². The molecule has 1 atom stereocenters. The number of nitrogens with zero attached hydrogens (tertiary/aromatic N) is 3. The summed E-state index contributed by atoms with van der Waals surface area (Å²) in [4.78, 5) is 2.12. The summed E-state index contributed by atoms with van der Waals surface area (Å²) in [6.45, 7) is 3.60. The molecule has 0 spiro atoms. The molecule has 0 saturated carbocycles. The third-order valence-electron chi connectivity index (χ3n) is 4.58. The van der Waals surface area contributed by atoms with E-state index in [9.17, 15) is 8.42 Å². The van der Waals surface area contributed by atoms with Crippen LogP contribution in [0, 0.1) is 5.92 Å². The van der Waals surface area contributed by atoms with Gasteiger partial charge >= 0.3 is 0 Å². The number of piperidine rings is 1. The van der Waals surface area contributed by atoms with Gasteiger partial charge in [0, 0.05) is 32.2 Å². The van der Waals surface area contributed by atoms with Gasteiger partial charge in [-0.3, -0.25) is 0 Å². The molecule has 0 radical (unpaired) electrons. The Morgan fingerprint density at radius 2 is 1.70 bits per heavy atom. The topological polar surface area (TPSA) is 55.9 Å². The van der Waals surface area contributed by atoms with Crippen molar-refractivity contribution in [3.8, 4) is 0 Å². The first-order chi connectivity index (χ1) is 9.45. The Hall–Kier alpha value is -0.210. The summed E-state index contributed by atoms with van der Waals surface area (Å²) in [6, 6.07) is 0.353. The molecule has 118 valence electrons. The Kier molecular flexibility index (Phi) is 5.42. The van der Waals surface area contributed by atoms with Gasteiger partial charge in [-0.05, 0) is 52.9 Å². The van der Waals surface area contributed by atoms with Gasteiger partial charge in [0.1, 0.15) is 0 Å². The molecule has 0 amide bonds. The van der Waals surface area contributed by atoms with Gasteiger partial charge in [0.2, 0.25) is 0 Å². The van der Waals surface area contributed by atoms with Crippen molar-refractivity contribution < 1.29 is 8.42 Å². The average Bonchev–Trinajstić information content (AvgIpc) is 2.90. The first-order valence-corrected chi connectivity index (χ1v) is 8.91. The van der Waals surface area contributed by atoms with Gasteiger partial charge in [0.05, 0.1) is 0 Å². The number of hydrogen-bond acceptors (Lipinski definition) is 4. The molecule has 2 saturated heterocycles. The third kappa shape index (κ3) is 3.51. The average molecular weight is 304 g/mol. The van der Waals surface area contributed by atoms with Gasteiger partial charge in [0.15, 0.2) is 0 Å². The fraction of sp³-hybridized carbons (Fsp3) is 1.00. The van der Waals surface area contributed by atoms with Crippen LogP contribution in [-0.4, -0.2) is 81.8 Å². The maximum absolute atomic E-state index is 12.6. The van der Waals surface area contributed by atoms with Crippen LogP contribution in [0.4, 0.5) is 0 Å². The summed E-state index contributed by atoms with van der Waals surface area (Å²) in [6.07, 6.45) is 2.86. The minimum Gasteiger partial charge on any atom is -0.319 e. The molecule has 2 rings (SSSR count). The highest BCUT2D eigenvalue weighted by Crippen LogP contribution is 2.24. The number of likely N-dealkylation sites (N-methyl/N-ethyl adjacent to an activating group) is 1. The van der Waals surface area contributed by atoms with Gasteiger partial charge < -0.3 is 10.2 Å². The maximum Gasteiger partial charge on any atom is 0.282 e. The maximum atomic E-state index is 12.6. The van der Waals surface area contributed by atoms with E-state index in [0.29, 0.717) is 38.1 Å². The summed E-state index contributed by atoms with van der Waals surface area (Å²) in [5.74, 6) is 0.611.